The minimum atomic E-state index is -0.421. The number of rotatable bonds is 2. The lowest BCUT2D eigenvalue weighted by Crippen LogP contribution is -2.52. The van der Waals surface area contributed by atoms with E-state index in [4.69, 9.17) is 4.74 Å². The fourth-order valence-electron chi connectivity index (χ4n) is 6.49. The molecule has 0 aliphatic heterocycles. The van der Waals surface area contributed by atoms with Crippen LogP contribution in [-0.2, 0) is 10.2 Å². The smallest absolute Gasteiger partial charge is 0.406 e. The van der Waals surface area contributed by atoms with Crippen molar-refractivity contribution in [3.8, 4) is 5.75 Å². The van der Waals surface area contributed by atoms with Gasteiger partial charge in [0, 0.05) is 12.5 Å². The number of ether oxygens (including phenoxy) is 1. The lowest BCUT2D eigenvalue weighted by Gasteiger charge is -2.57. The van der Waals surface area contributed by atoms with Crippen molar-refractivity contribution in [3.05, 3.63) is 29.3 Å². The highest BCUT2D eigenvalue weighted by molar-refractivity contribution is 5.67. The van der Waals surface area contributed by atoms with E-state index in [1.165, 1.54) is 12.7 Å². The highest BCUT2D eigenvalue weighted by atomic mass is 16.5. The summed E-state index contributed by atoms with van der Waals surface area (Å²) in [4.78, 5) is 11.6. The van der Waals surface area contributed by atoms with E-state index in [1.807, 2.05) is 6.07 Å². The third-order valence-corrected chi connectivity index (χ3v) is 8.15. The van der Waals surface area contributed by atoms with Crippen LogP contribution in [-0.4, -0.2) is 36.1 Å². The molecule has 5 heteroatoms. The molecule has 2 fully saturated rings. The van der Waals surface area contributed by atoms with Gasteiger partial charge in [0.05, 0.1) is 13.2 Å². The number of carbonyl (C=O) groups excluding carboxylic acids is 1. The molecule has 0 heterocycles. The zero-order valence-corrected chi connectivity index (χ0v) is 16.5. The monoisotopic (exact) mass is 373 g/mol. The quantitative estimate of drug-likeness (QED) is 0.739. The molecule has 148 valence electrons. The van der Waals surface area contributed by atoms with Crippen LogP contribution in [0.4, 0.5) is 4.79 Å². The van der Waals surface area contributed by atoms with Crippen LogP contribution in [0, 0.1) is 17.3 Å². The Kier molecular flexibility index (Phi) is 4.41. The predicted molar refractivity (Wildman–Crippen MR) is 103 cm³/mol. The third-order valence-electron chi connectivity index (χ3n) is 8.15. The van der Waals surface area contributed by atoms with E-state index in [0.717, 1.165) is 37.7 Å². The lowest BCUT2D eigenvalue weighted by molar-refractivity contribution is -0.0490. The van der Waals surface area contributed by atoms with E-state index in [1.54, 1.807) is 6.07 Å². The van der Waals surface area contributed by atoms with Crippen molar-refractivity contribution in [1.82, 2.24) is 5.32 Å². The van der Waals surface area contributed by atoms with Crippen LogP contribution >= 0.6 is 0 Å². The second kappa shape index (κ2) is 6.40. The molecule has 2 saturated carbocycles. The van der Waals surface area contributed by atoms with Crippen molar-refractivity contribution < 1.29 is 19.7 Å². The van der Waals surface area contributed by atoms with Gasteiger partial charge in [0.15, 0.2) is 0 Å². The van der Waals surface area contributed by atoms with Gasteiger partial charge >= 0.3 is 6.09 Å². The zero-order chi connectivity index (χ0) is 19.4. The number of aromatic hydroxyl groups is 1. The first-order valence-corrected chi connectivity index (χ1v) is 10.1. The molecule has 4 unspecified atom stereocenters. The highest BCUT2D eigenvalue weighted by Gasteiger charge is 2.59. The number of amides is 1. The summed E-state index contributed by atoms with van der Waals surface area (Å²) in [5.41, 5.74) is 2.50. The van der Waals surface area contributed by atoms with Crippen molar-refractivity contribution in [3.63, 3.8) is 0 Å². The molecular weight excluding hydrogens is 342 g/mol. The Bertz CT molecular complexity index is 750. The maximum absolute atomic E-state index is 11.6. The number of benzene rings is 1. The fourth-order valence-corrected chi connectivity index (χ4v) is 6.49. The van der Waals surface area contributed by atoms with Crippen molar-refractivity contribution in [1.29, 1.82) is 0 Å². The molecular formula is C22H31NO4. The number of aliphatic hydroxyl groups excluding tert-OH is 1. The molecule has 0 radical (unpaired) electrons. The number of hydrogen-bond donors (Lipinski definition) is 3. The van der Waals surface area contributed by atoms with E-state index in [-0.39, 0.29) is 28.6 Å². The largest absolute Gasteiger partial charge is 0.508 e. The van der Waals surface area contributed by atoms with Gasteiger partial charge in [0.25, 0.3) is 0 Å². The number of phenols is 1. The zero-order valence-electron chi connectivity index (χ0n) is 16.5. The van der Waals surface area contributed by atoms with Gasteiger partial charge in [-0.2, -0.15) is 0 Å². The molecule has 1 amide bonds. The van der Waals surface area contributed by atoms with Gasteiger partial charge in [0.1, 0.15) is 5.75 Å². The Hall–Kier alpha value is -1.75. The maximum Gasteiger partial charge on any atom is 0.406 e. The molecule has 0 spiro atoms. The van der Waals surface area contributed by atoms with E-state index in [2.05, 4.69) is 25.2 Å². The Labute approximate surface area is 161 Å². The summed E-state index contributed by atoms with van der Waals surface area (Å²) in [5, 5.41) is 23.6. The van der Waals surface area contributed by atoms with Gasteiger partial charge in [-0.25, -0.2) is 4.79 Å². The van der Waals surface area contributed by atoms with Crippen molar-refractivity contribution in [2.24, 2.45) is 17.3 Å². The average molecular weight is 373 g/mol. The van der Waals surface area contributed by atoms with Gasteiger partial charge in [-0.1, -0.05) is 19.9 Å². The van der Waals surface area contributed by atoms with Gasteiger partial charge in [0.2, 0.25) is 0 Å². The number of hydrogen-bond acceptors (Lipinski definition) is 4. The molecule has 0 saturated heterocycles. The summed E-state index contributed by atoms with van der Waals surface area (Å²) in [6.45, 7) is 5.13. The highest BCUT2D eigenvalue weighted by Crippen LogP contribution is 2.64. The number of methoxy groups -OCH3 is 1. The number of alkyl carbamates (subject to hydrolysis) is 1. The predicted octanol–water partition coefficient (Wildman–Crippen LogP) is 3.68. The molecule has 3 N–H and O–H groups in total. The van der Waals surface area contributed by atoms with Crippen LogP contribution in [0.1, 0.15) is 63.0 Å². The van der Waals surface area contributed by atoms with Gasteiger partial charge < -0.3 is 20.3 Å². The summed E-state index contributed by atoms with van der Waals surface area (Å²) in [6, 6.07) is 5.74. The molecule has 3 aliphatic carbocycles. The summed E-state index contributed by atoms with van der Waals surface area (Å²) in [7, 11) is 1.37. The molecule has 4 rings (SSSR count). The van der Waals surface area contributed by atoms with Crippen molar-refractivity contribution >= 4 is 6.09 Å². The molecule has 0 aromatic heterocycles. The van der Waals surface area contributed by atoms with Crippen molar-refractivity contribution in [2.75, 3.05) is 13.7 Å². The minimum absolute atomic E-state index is 0.00106. The normalized spacial score (nSPS) is 39.9. The van der Waals surface area contributed by atoms with E-state index in [9.17, 15) is 15.0 Å². The number of aliphatic hydroxyl groups is 1. The Morgan fingerprint density at radius 2 is 2.04 bits per heavy atom. The summed E-state index contributed by atoms with van der Waals surface area (Å²) in [5.74, 6) is 1.38. The molecule has 5 nitrogen and oxygen atoms in total. The van der Waals surface area contributed by atoms with E-state index in [0.29, 0.717) is 18.4 Å². The van der Waals surface area contributed by atoms with Gasteiger partial charge in [-0.15, -0.1) is 0 Å². The standard InChI is InChI=1S/C22H31NO4/c1-21-8-9-22(2)17(6-7-19(22)25)18(21)10-13(12-23-20(26)27-3)15-11-14(24)4-5-16(15)21/h4-5,11,13,17-19,24-25H,6-10,12H2,1-3H3,(H,23,26)/t13-,17?,18?,19?,21+,22?/m0/s1. The number of nitrogens with one attached hydrogen (secondary N) is 1. The minimum Gasteiger partial charge on any atom is -0.508 e. The van der Waals surface area contributed by atoms with E-state index >= 15 is 0 Å². The summed E-state index contributed by atoms with van der Waals surface area (Å²) in [6.07, 6.45) is 4.39. The Balaban J connectivity index is 1.73. The molecule has 6 atom stereocenters. The average Bonchev–Trinajstić information content (AvgIpc) is 2.95. The van der Waals surface area contributed by atoms with Crippen LogP contribution in [0.25, 0.3) is 0 Å². The van der Waals surface area contributed by atoms with Crippen LogP contribution in [0.15, 0.2) is 18.2 Å². The summed E-state index contributed by atoms with van der Waals surface area (Å²) >= 11 is 0. The molecule has 1 aromatic carbocycles. The Morgan fingerprint density at radius 1 is 1.26 bits per heavy atom. The SMILES string of the molecule is COC(=O)NC[C@@H]1CC2C3CCC(O)C3(C)CC[C@]2(C)c2ccc(O)cc21. The molecule has 0 bridgehead atoms. The van der Waals surface area contributed by atoms with Crippen LogP contribution in [0.5, 0.6) is 5.75 Å². The van der Waals surface area contributed by atoms with Gasteiger partial charge in [-0.3, -0.25) is 0 Å². The number of phenolic OH excluding ortho intramolecular Hbond substituents is 1. The first-order chi connectivity index (χ1) is 12.8. The number of carbonyl (C=O) groups is 1. The fraction of sp³-hybridized carbons (Fsp3) is 0.682. The van der Waals surface area contributed by atoms with Crippen molar-refractivity contribution in [2.45, 2.75) is 63.4 Å². The van der Waals surface area contributed by atoms with Crippen LogP contribution < -0.4 is 5.32 Å². The molecule has 3 aliphatic rings. The second-order valence-electron chi connectivity index (χ2n) is 9.31. The third kappa shape index (κ3) is 2.74. The molecule has 1 aromatic rings. The maximum atomic E-state index is 11.6. The first-order valence-electron chi connectivity index (χ1n) is 10.1. The number of fused-ring (bicyclic) bond motifs is 5. The van der Waals surface area contributed by atoms with Gasteiger partial charge in [-0.05, 0) is 78.0 Å². The lowest BCUT2D eigenvalue weighted by atomic mass is 9.48. The van der Waals surface area contributed by atoms with Crippen LogP contribution in [0.2, 0.25) is 0 Å². The molecule has 27 heavy (non-hydrogen) atoms. The first kappa shape index (κ1) is 18.6. The summed E-state index contributed by atoms with van der Waals surface area (Å²) < 4.78 is 4.75. The van der Waals surface area contributed by atoms with Crippen LogP contribution in [0.3, 0.4) is 0 Å². The topological polar surface area (TPSA) is 78.8 Å². The second-order valence-corrected chi connectivity index (χ2v) is 9.31. The Morgan fingerprint density at radius 3 is 2.78 bits per heavy atom. The van der Waals surface area contributed by atoms with E-state index < -0.39 is 6.09 Å².